The van der Waals surface area contributed by atoms with Gasteiger partial charge in [0.2, 0.25) is 0 Å². The summed E-state index contributed by atoms with van der Waals surface area (Å²) >= 11 is 0. The number of carboxylic acids is 1. The second-order valence-electron chi connectivity index (χ2n) is 4.63. The minimum Gasteiger partial charge on any atom is -0.550 e. The molecule has 1 heterocycles. The molecule has 104 valence electrons. The maximum absolute atomic E-state index is 8.89. The number of hydrogen-bond acceptors (Lipinski definition) is 2. The molecule has 3 nitrogen and oxygen atoms in total. The summed E-state index contributed by atoms with van der Waals surface area (Å²) in [5.74, 6) is -1.08. The van der Waals surface area contributed by atoms with Crippen molar-refractivity contribution in [2.24, 2.45) is 0 Å². The van der Waals surface area contributed by atoms with Crippen molar-refractivity contribution in [3.63, 3.8) is 0 Å². The van der Waals surface area contributed by atoms with Crippen LogP contribution in [0.1, 0.15) is 59.3 Å². The van der Waals surface area contributed by atoms with Crippen molar-refractivity contribution >= 4 is 5.97 Å². The van der Waals surface area contributed by atoms with Gasteiger partial charge in [-0.3, -0.25) is 4.90 Å². The van der Waals surface area contributed by atoms with Crippen LogP contribution in [0, 0.1) is 0 Å². The van der Waals surface area contributed by atoms with Crippen molar-refractivity contribution in [1.82, 2.24) is 0 Å². The van der Waals surface area contributed by atoms with Crippen LogP contribution in [0.4, 0.5) is 0 Å². The molecule has 1 rings (SSSR count). The van der Waals surface area contributed by atoms with Crippen LogP contribution in [0.15, 0.2) is 24.0 Å². The molecule has 0 aliphatic carbocycles. The SMILES string of the molecule is CC(=O)[O-].CCCCC[NH+]1C=CC=C1CCCC. The number of carbonyl (C=O) groups is 1. The normalized spacial score (nSPS) is 17.1. The lowest BCUT2D eigenvalue weighted by atomic mass is 10.2. The van der Waals surface area contributed by atoms with Gasteiger partial charge in [0.15, 0.2) is 0 Å². The molecule has 18 heavy (non-hydrogen) atoms. The van der Waals surface area contributed by atoms with E-state index in [0.29, 0.717) is 0 Å². The van der Waals surface area contributed by atoms with Crippen molar-refractivity contribution < 1.29 is 14.8 Å². The second kappa shape index (κ2) is 11.0. The Hall–Kier alpha value is -1.09. The number of carbonyl (C=O) groups excluding carboxylic acids is 1. The van der Waals surface area contributed by atoms with Gasteiger partial charge in [0.1, 0.15) is 5.70 Å². The van der Waals surface area contributed by atoms with Crippen molar-refractivity contribution in [3.05, 3.63) is 24.0 Å². The monoisotopic (exact) mass is 253 g/mol. The average Bonchev–Trinajstić information content (AvgIpc) is 2.74. The van der Waals surface area contributed by atoms with Crippen LogP contribution < -0.4 is 10.0 Å². The molecule has 0 saturated heterocycles. The third kappa shape index (κ3) is 8.99. The third-order valence-corrected chi connectivity index (χ3v) is 2.86. The highest BCUT2D eigenvalue weighted by atomic mass is 16.4. The summed E-state index contributed by atoms with van der Waals surface area (Å²) in [6.07, 6.45) is 14.8. The molecule has 1 unspecified atom stereocenters. The Labute approximate surface area is 111 Å². The summed E-state index contributed by atoms with van der Waals surface area (Å²) in [4.78, 5) is 10.5. The number of allylic oxidation sites excluding steroid dienone is 3. The summed E-state index contributed by atoms with van der Waals surface area (Å²) in [7, 11) is 0. The van der Waals surface area contributed by atoms with Gasteiger partial charge < -0.3 is 9.90 Å². The zero-order valence-electron chi connectivity index (χ0n) is 12.0. The summed E-state index contributed by atoms with van der Waals surface area (Å²) < 4.78 is 0. The first kappa shape index (κ1) is 16.9. The van der Waals surface area contributed by atoms with Crippen molar-refractivity contribution in [3.8, 4) is 0 Å². The molecule has 1 atom stereocenters. The van der Waals surface area contributed by atoms with Crippen molar-refractivity contribution in [2.75, 3.05) is 6.54 Å². The van der Waals surface area contributed by atoms with Crippen molar-refractivity contribution in [2.45, 2.75) is 59.3 Å². The summed E-state index contributed by atoms with van der Waals surface area (Å²) in [6, 6.07) is 0. The van der Waals surface area contributed by atoms with Crippen LogP contribution >= 0.6 is 0 Å². The standard InChI is InChI=1S/C13H23N.C2H4O2/c1-3-5-7-11-14-12-8-10-13(14)9-6-4-2;1-2(3)4/h8,10,12H,3-7,9,11H2,1-2H3;1H3,(H,3,4). The Morgan fingerprint density at radius 2 is 1.83 bits per heavy atom. The van der Waals surface area contributed by atoms with Crippen LogP contribution in [0.2, 0.25) is 0 Å². The molecule has 1 aliphatic rings. The molecule has 1 aliphatic heterocycles. The smallest absolute Gasteiger partial charge is 0.112 e. The fourth-order valence-electron chi connectivity index (χ4n) is 1.91. The van der Waals surface area contributed by atoms with E-state index >= 15 is 0 Å². The molecule has 0 bridgehead atoms. The zero-order chi connectivity index (χ0) is 13.8. The number of unbranched alkanes of at least 4 members (excludes halogenated alkanes) is 3. The highest BCUT2D eigenvalue weighted by Gasteiger charge is 2.14. The Morgan fingerprint density at radius 1 is 1.22 bits per heavy atom. The van der Waals surface area contributed by atoms with E-state index in [4.69, 9.17) is 9.90 Å². The van der Waals surface area contributed by atoms with Gasteiger partial charge in [0.25, 0.3) is 0 Å². The molecule has 0 amide bonds. The van der Waals surface area contributed by atoms with Gasteiger partial charge in [0.05, 0.1) is 12.7 Å². The number of rotatable bonds is 7. The zero-order valence-corrected chi connectivity index (χ0v) is 12.0. The molecule has 0 aromatic rings. The first-order valence-corrected chi connectivity index (χ1v) is 7.02. The quantitative estimate of drug-likeness (QED) is 0.697. The Balaban J connectivity index is 0.000000631. The summed E-state index contributed by atoms with van der Waals surface area (Å²) in [5, 5.41) is 8.89. The Morgan fingerprint density at radius 3 is 2.39 bits per heavy atom. The fourth-order valence-corrected chi connectivity index (χ4v) is 1.91. The molecule has 0 radical (unpaired) electrons. The molecular formula is C15H27NO2. The predicted octanol–water partition coefficient (Wildman–Crippen LogP) is 1.42. The van der Waals surface area contributed by atoms with Crippen LogP contribution in [0.5, 0.6) is 0 Å². The highest BCUT2D eigenvalue weighted by molar-refractivity contribution is 5.60. The lowest BCUT2D eigenvalue weighted by molar-refractivity contribution is -0.804. The minimum atomic E-state index is -1.08. The minimum absolute atomic E-state index is 0.972. The van der Waals surface area contributed by atoms with Gasteiger partial charge in [-0.15, -0.1) is 0 Å². The maximum atomic E-state index is 8.89. The van der Waals surface area contributed by atoms with Gasteiger partial charge in [-0.2, -0.15) is 0 Å². The van der Waals surface area contributed by atoms with E-state index in [9.17, 15) is 0 Å². The van der Waals surface area contributed by atoms with Gasteiger partial charge in [-0.05, 0) is 32.3 Å². The van der Waals surface area contributed by atoms with E-state index in [0.717, 1.165) is 6.92 Å². The lowest BCUT2D eigenvalue weighted by Gasteiger charge is -2.13. The number of nitrogens with one attached hydrogen (secondary N) is 1. The van der Waals surface area contributed by atoms with Crippen LogP contribution in [-0.4, -0.2) is 12.5 Å². The van der Waals surface area contributed by atoms with E-state index in [1.807, 2.05) is 0 Å². The molecule has 0 aromatic carbocycles. The lowest BCUT2D eigenvalue weighted by Crippen LogP contribution is -3.04. The summed E-state index contributed by atoms with van der Waals surface area (Å²) in [6.45, 7) is 6.79. The molecule has 1 N–H and O–H groups in total. The van der Waals surface area contributed by atoms with E-state index in [1.165, 1.54) is 45.1 Å². The molecule has 3 heteroatoms. The van der Waals surface area contributed by atoms with E-state index in [2.05, 4.69) is 32.2 Å². The topological polar surface area (TPSA) is 44.6 Å². The first-order chi connectivity index (χ1) is 8.61. The van der Waals surface area contributed by atoms with Gasteiger partial charge in [0, 0.05) is 18.5 Å². The van der Waals surface area contributed by atoms with Crippen molar-refractivity contribution in [1.29, 1.82) is 0 Å². The molecule has 0 saturated carbocycles. The first-order valence-electron chi connectivity index (χ1n) is 7.02. The average molecular weight is 253 g/mol. The van der Waals surface area contributed by atoms with E-state index < -0.39 is 5.97 Å². The number of quaternary nitrogens is 1. The number of aliphatic carboxylic acids is 1. The van der Waals surface area contributed by atoms with Gasteiger partial charge >= 0.3 is 0 Å². The Bertz CT molecular complexity index is 278. The second-order valence-corrected chi connectivity index (χ2v) is 4.63. The molecule has 0 fully saturated rings. The van der Waals surface area contributed by atoms with E-state index in [-0.39, 0.29) is 0 Å². The van der Waals surface area contributed by atoms with E-state index in [1.54, 1.807) is 10.6 Å². The molecular weight excluding hydrogens is 226 g/mol. The highest BCUT2D eigenvalue weighted by Crippen LogP contribution is 2.04. The predicted molar refractivity (Wildman–Crippen MR) is 72.8 cm³/mol. The largest absolute Gasteiger partial charge is 0.550 e. The molecule has 0 aromatic heterocycles. The third-order valence-electron chi connectivity index (χ3n) is 2.86. The summed E-state index contributed by atoms with van der Waals surface area (Å²) in [5.41, 5.74) is 1.60. The number of hydrogen-bond donors (Lipinski definition) is 1. The fraction of sp³-hybridized carbons (Fsp3) is 0.667. The number of carboxylic acid groups (broad SMARTS) is 1. The van der Waals surface area contributed by atoms with Crippen LogP contribution in [0.3, 0.4) is 0 Å². The van der Waals surface area contributed by atoms with Crippen LogP contribution in [-0.2, 0) is 4.79 Å². The van der Waals surface area contributed by atoms with Gasteiger partial charge in [-0.1, -0.05) is 26.7 Å². The Kier molecular flexibility index (Phi) is 10.4. The maximum Gasteiger partial charge on any atom is 0.112 e. The van der Waals surface area contributed by atoms with Crippen LogP contribution in [0.25, 0.3) is 0 Å². The molecule has 0 spiro atoms. The van der Waals surface area contributed by atoms with Gasteiger partial charge in [-0.25, -0.2) is 0 Å².